The van der Waals surface area contributed by atoms with Crippen molar-refractivity contribution in [2.24, 2.45) is 0 Å². The molecule has 0 aliphatic rings. The van der Waals surface area contributed by atoms with Crippen molar-refractivity contribution in [2.75, 3.05) is 5.32 Å². The van der Waals surface area contributed by atoms with Crippen LogP contribution in [0.3, 0.4) is 0 Å². The molecule has 0 aliphatic carbocycles. The van der Waals surface area contributed by atoms with E-state index in [-0.39, 0.29) is 6.04 Å². The van der Waals surface area contributed by atoms with Crippen LogP contribution in [-0.2, 0) is 0 Å². The molecule has 0 aliphatic heterocycles. The second-order valence-electron chi connectivity index (χ2n) is 5.65. The van der Waals surface area contributed by atoms with E-state index in [1.54, 1.807) is 0 Å². The highest BCUT2D eigenvalue weighted by Crippen LogP contribution is 2.28. The minimum Gasteiger partial charge on any atom is -0.348 e. The van der Waals surface area contributed by atoms with Crippen LogP contribution in [0.4, 0.5) is 5.95 Å². The molecule has 2 aromatic heterocycles. The van der Waals surface area contributed by atoms with Crippen molar-refractivity contribution >= 4 is 17.3 Å². The van der Waals surface area contributed by atoms with Gasteiger partial charge >= 0.3 is 0 Å². The van der Waals surface area contributed by atoms with Gasteiger partial charge in [0.05, 0.1) is 6.04 Å². The Morgan fingerprint density at radius 2 is 1.75 bits per heavy atom. The number of aryl methyl sites for hydroxylation is 3. The highest BCUT2D eigenvalue weighted by atomic mass is 32.1. The van der Waals surface area contributed by atoms with Crippen LogP contribution in [-0.4, -0.2) is 9.97 Å². The number of hydrogen-bond donors (Lipinski definition) is 1. The van der Waals surface area contributed by atoms with Crippen LogP contribution < -0.4 is 5.32 Å². The quantitative estimate of drug-likeness (QED) is 0.881. The molecule has 0 saturated heterocycles. The van der Waals surface area contributed by atoms with Crippen molar-refractivity contribution in [1.82, 2.24) is 9.97 Å². The first-order valence-electron chi connectivity index (χ1n) is 7.06. The normalized spacial score (nSPS) is 12.8. The zero-order chi connectivity index (χ0) is 14.9. The second kappa shape index (κ2) is 5.92. The van der Waals surface area contributed by atoms with Gasteiger partial charge in [0.2, 0.25) is 5.95 Å². The summed E-state index contributed by atoms with van der Waals surface area (Å²) in [5, 5.41) is 3.43. The number of hydrogen-bond acceptors (Lipinski definition) is 4. The molecule has 0 bridgehead atoms. The number of nitrogens with one attached hydrogen (secondary N) is 1. The number of thiophene rings is 1. The van der Waals surface area contributed by atoms with Gasteiger partial charge in [0.25, 0.3) is 0 Å². The molecule has 108 valence electrons. The SMILES string of the molecule is Cc1cc(C(C)C)nc(NC(C)c2cc(C)sc2C)n1. The predicted octanol–water partition coefficient (Wildman–Crippen LogP) is 4.76. The van der Waals surface area contributed by atoms with Crippen molar-refractivity contribution in [3.63, 3.8) is 0 Å². The van der Waals surface area contributed by atoms with E-state index in [4.69, 9.17) is 0 Å². The third kappa shape index (κ3) is 3.37. The van der Waals surface area contributed by atoms with Crippen LogP contribution in [0.1, 0.15) is 59.4 Å². The molecular weight excluding hydrogens is 266 g/mol. The maximum absolute atomic E-state index is 4.62. The Morgan fingerprint density at radius 3 is 2.30 bits per heavy atom. The van der Waals surface area contributed by atoms with Crippen molar-refractivity contribution in [3.05, 3.63) is 38.8 Å². The zero-order valence-corrected chi connectivity index (χ0v) is 13.9. The minimum absolute atomic E-state index is 0.224. The lowest BCUT2D eigenvalue weighted by molar-refractivity contribution is 0.793. The Kier molecular flexibility index (Phi) is 4.43. The van der Waals surface area contributed by atoms with Crippen molar-refractivity contribution in [1.29, 1.82) is 0 Å². The molecule has 2 heterocycles. The molecule has 20 heavy (non-hydrogen) atoms. The van der Waals surface area contributed by atoms with Crippen molar-refractivity contribution in [2.45, 2.75) is 53.5 Å². The van der Waals surface area contributed by atoms with Crippen LogP contribution in [0, 0.1) is 20.8 Å². The molecule has 2 aromatic rings. The summed E-state index contributed by atoms with van der Waals surface area (Å²) in [6.07, 6.45) is 0. The lowest BCUT2D eigenvalue weighted by Gasteiger charge is -2.15. The third-order valence-electron chi connectivity index (χ3n) is 3.36. The Hall–Kier alpha value is -1.42. The van der Waals surface area contributed by atoms with E-state index in [0.29, 0.717) is 5.92 Å². The Labute approximate surface area is 125 Å². The van der Waals surface area contributed by atoms with Gasteiger partial charge in [-0.25, -0.2) is 9.97 Å². The van der Waals surface area contributed by atoms with E-state index in [9.17, 15) is 0 Å². The average molecular weight is 289 g/mol. The summed E-state index contributed by atoms with van der Waals surface area (Å²) in [6.45, 7) is 12.8. The zero-order valence-electron chi connectivity index (χ0n) is 13.1. The molecule has 0 fully saturated rings. The molecule has 0 saturated carbocycles. The van der Waals surface area contributed by atoms with Gasteiger partial charge in [-0.2, -0.15) is 0 Å². The second-order valence-corrected chi connectivity index (χ2v) is 7.11. The fourth-order valence-corrected chi connectivity index (χ4v) is 3.33. The van der Waals surface area contributed by atoms with E-state index >= 15 is 0 Å². The van der Waals surface area contributed by atoms with Gasteiger partial charge in [-0.3, -0.25) is 0 Å². The highest BCUT2D eigenvalue weighted by molar-refractivity contribution is 7.12. The van der Waals surface area contributed by atoms with Gasteiger partial charge < -0.3 is 5.32 Å². The summed E-state index contributed by atoms with van der Waals surface area (Å²) in [6, 6.07) is 4.53. The molecule has 0 aromatic carbocycles. The highest BCUT2D eigenvalue weighted by Gasteiger charge is 2.13. The van der Waals surface area contributed by atoms with Gasteiger partial charge in [0, 0.05) is 21.1 Å². The van der Waals surface area contributed by atoms with E-state index in [0.717, 1.165) is 17.3 Å². The average Bonchev–Trinajstić information content (AvgIpc) is 2.67. The molecule has 0 amide bonds. The predicted molar refractivity (Wildman–Crippen MR) is 86.7 cm³/mol. The standard InChI is InChI=1S/C16H23N3S/c1-9(2)15-7-10(3)17-16(19-15)18-12(5)14-8-11(4)20-13(14)6/h7-9,12H,1-6H3,(H,17,18,19). The molecule has 1 unspecified atom stereocenters. The lowest BCUT2D eigenvalue weighted by Crippen LogP contribution is -2.11. The molecule has 0 radical (unpaired) electrons. The van der Waals surface area contributed by atoms with Crippen LogP contribution in [0.5, 0.6) is 0 Å². The monoisotopic (exact) mass is 289 g/mol. The summed E-state index contributed by atoms with van der Waals surface area (Å²) in [5.41, 5.74) is 3.44. The van der Waals surface area contributed by atoms with Gasteiger partial charge in [-0.05, 0) is 51.3 Å². The first-order valence-corrected chi connectivity index (χ1v) is 7.87. The maximum atomic E-state index is 4.62. The lowest BCUT2D eigenvalue weighted by atomic mass is 10.1. The number of nitrogens with zero attached hydrogens (tertiary/aromatic N) is 2. The first kappa shape index (κ1) is 15.0. The molecule has 0 spiro atoms. The fourth-order valence-electron chi connectivity index (χ4n) is 2.30. The molecule has 1 atom stereocenters. The Balaban J connectivity index is 2.23. The van der Waals surface area contributed by atoms with Crippen LogP contribution >= 0.6 is 11.3 Å². The third-order valence-corrected chi connectivity index (χ3v) is 4.34. The molecule has 3 nitrogen and oxygen atoms in total. The number of aromatic nitrogens is 2. The molecule has 1 N–H and O–H groups in total. The van der Waals surface area contributed by atoms with Crippen molar-refractivity contribution < 1.29 is 0 Å². The van der Waals surface area contributed by atoms with Crippen LogP contribution in [0.25, 0.3) is 0 Å². The van der Waals surface area contributed by atoms with Gasteiger partial charge in [0.1, 0.15) is 0 Å². The van der Waals surface area contributed by atoms with Gasteiger partial charge in [-0.1, -0.05) is 13.8 Å². The topological polar surface area (TPSA) is 37.8 Å². The van der Waals surface area contributed by atoms with Crippen molar-refractivity contribution in [3.8, 4) is 0 Å². The summed E-state index contributed by atoms with van der Waals surface area (Å²) >= 11 is 1.84. The van der Waals surface area contributed by atoms with E-state index in [2.05, 4.69) is 62.0 Å². The van der Waals surface area contributed by atoms with Crippen LogP contribution in [0.2, 0.25) is 0 Å². The summed E-state index contributed by atoms with van der Waals surface area (Å²) in [7, 11) is 0. The summed E-state index contributed by atoms with van der Waals surface area (Å²) in [5.74, 6) is 1.14. The molecular formula is C16H23N3S. The fraction of sp³-hybridized carbons (Fsp3) is 0.500. The van der Waals surface area contributed by atoms with E-state index < -0.39 is 0 Å². The van der Waals surface area contributed by atoms with Gasteiger partial charge in [-0.15, -0.1) is 11.3 Å². The van der Waals surface area contributed by atoms with E-state index in [1.807, 2.05) is 18.3 Å². The summed E-state index contributed by atoms with van der Waals surface area (Å²) in [4.78, 5) is 11.8. The first-order chi connectivity index (χ1) is 9.36. The smallest absolute Gasteiger partial charge is 0.223 e. The number of rotatable bonds is 4. The number of anilines is 1. The molecule has 2 rings (SSSR count). The van der Waals surface area contributed by atoms with Gasteiger partial charge in [0.15, 0.2) is 0 Å². The largest absolute Gasteiger partial charge is 0.348 e. The minimum atomic E-state index is 0.224. The van der Waals surface area contributed by atoms with Crippen LogP contribution in [0.15, 0.2) is 12.1 Å². The summed E-state index contributed by atoms with van der Waals surface area (Å²) < 4.78 is 0. The Morgan fingerprint density at radius 1 is 1.05 bits per heavy atom. The Bertz CT molecular complexity index is 602. The maximum Gasteiger partial charge on any atom is 0.223 e. The molecule has 4 heteroatoms. The van der Waals surface area contributed by atoms with E-state index in [1.165, 1.54) is 15.3 Å².